The molecular weight excluding hydrogens is 250 g/mol. The van der Waals surface area contributed by atoms with E-state index < -0.39 is 10.2 Å². The largest absolute Gasteiger partial charge is 0.320 e. The van der Waals surface area contributed by atoms with Crippen molar-refractivity contribution in [3.63, 3.8) is 0 Å². The van der Waals surface area contributed by atoms with Gasteiger partial charge in [-0.2, -0.15) is 17.0 Å². The maximum Gasteiger partial charge on any atom is 0.281 e. The molecule has 1 N–H and O–H groups in total. The highest BCUT2D eigenvalue weighted by Gasteiger charge is 2.38. The first-order valence-corrected chi connectivity index (χ1v) is 8.31. The lowest BCUT2D eigenvalue weighted by Crippen LogP contribution is -2.44. The molecule has 0 aromatic rings. The van der Waals surface area contributed by atoms with Crippen LogP contribution >= 0.6 is 0 Å². The Balaban J connectivity index is 2.56. The molecule has 0 spiro atoms. The molecule has 0 radical (unpaired) electrons. The van der Waals surface area contributed by atoms with Crippen LogP contribution in [0.4, 0.5) is 0 Å². The second-order valence-corrected chi connectivity index (χ2v) is 6.97. The van der Waals surface area contributed by atoms with Crippen molar-refractivity contribution in [1.82, 2.24) is 13.9 Å². The predicted molar refractivity (Wildman–Crippen MR) is 74.7 cm³/mol. The molecule has 0 bridgehead atoms. The molecule has 0 aliphatic heterocycles. The summed E-state index contributed by atoms with van der Waals surface area (Å²) in [5, 5.41) is 3.04. The predicted octanol–water partition coefficient (Wildman–Crippen LogP) is 1.04. The monoisotopic (exact) mass is 277 g/mol. The van der Waals surface area contributed by atoms with Crippen molar-refractivity contribution in [3.05, 3.63) is 0 Å². The summed E-state index contributed by atoms with van der Waals surface area (Å²) in [5.41, 5.74) is 0. The molecule has 108 valence electrons. The highest BCUT2D eigenvalue weighted by molar-refractivity contribution is 7.86. The van der Waals surface area contributed by atoms with Gasteiger partial charge in [0, 0.05) is 26.2 Å². The molecule has 6 heteroatoms. The molecule has 0 amide bonds. The summed E-state index contributed by atoms with van der Waals surface area (Å²) in [4.78, 5) is 0. The third-order valence-corrected chi connectivity index (χ3v) is 5.32. The van der Waals surface area contributed by atoms with Crippen LogP contribution in [0.3, 0.4) is 0 Å². The highest BCUT2D eigenvalue weighted by Crippen LogP contribution is 2.30. The summed E-state index contributed by atoms with van der Waals surface area (Å²) in [5.74, 6) is 0. The molecule has 0 heterocycles. The molecular formula is C12H27N3O2S. The van der Waals surface area contributed by atoms with E-state index in [2.05, 4.69) is 12.2 Å². The van der Waals surface area contributed by atoms with Crippen LogP contribution in [0.2, 0.25) is 0 Å². The fourth-order valence-corrected chi connectivity index (χ4v) is 3.60. The van der Waals surface area contributed by atoms with Crippen molar-refractivity contribution in [2.24, 2.45) is 0 Å². The van der Waals surface area contributed by atoms with Crippen molar-refractivity contribution in [1.29, 1.82) is 0 Å². The van der Waals surface area contributed by atoms with E-state index >= 15 is 0 Å². The Labute approximate surface area is 112 Å². The first-order chi connectivity index (χ1) is 8.54. The minimum Gasteiger partial charge on any atom is -0.320 e. The van der Waals surface area contributed by atoms with Gasteiger partial charge in [-0.3, -0.25) is 0 Å². The van der Waals surface area contributed by atoms with E-state index in [9.17, 15) is 8.42 Å². The Hall–Kier alpha value is -0.170. The van der Waals surface area contributed by atoms with Crippen LogP contribution in [0.15, 0.2) is 0 Å². The molecule has 0 saturated heterocycles. The Morgan fingerprint density at radius 3 is 2.39 bits per heavy atom. The number of unbranched alkanes of at least 4 members (excludes halogenated alkanes) is 1. The van der Waals surface area contributed by atoms with Gasteiger partial charge in [0.2, 0.25) is 0 Å². The van der Waals surface area contributed by atoms with Crippen LogP contribution in [0, 0.1) is 0 Å². The summed E-state index contributed by atoms with van der Waals surface area (Å²) in [6, 6.07) is 0.258. The molecule has 1 aliphatic rings. The van der Waals surface area contributed by atoms with Gasteiger partial charge in [-0.25, -0.2) is 0 Å². The van der Waals surface area contributed by atoms with Crippen LogP contribution in [0.25, 0.3) is 0 Å². The average Bonchev–Trinajstić information content (AvgIpc) is 3.14. The van der Waals surface area contributed by atoms with E-state index in [4.69, 9.17) is 0 Å². The van der Waals surface area contributed by atoms with Gasteiger partial charge in [-0.15, -0.1) is 0 Å². The first-order valence-electron chi connectivity index (χ1n) is 6.91. The summed E-state index contributed by atoms with van der Waals surface area (Å²) >= 11 is 0. The molecule has 0 aromatic heterocycles. The summed E-state index contributed by atoms with van der Waals surface area (Å²) in [6.45, 7) is 4.19. The SMILES string of the molecule is CCCCN(C1CC1)S(=O)(=O)N(C)CCCNC. The third-order valence-electron chi connectivity index (χ3n) is 3.28. The topological polar surface area (TPSA) is 52.7 Å². The average molecular weight is 277 g/mol. The van der Waals surface area contributed by atoms with Gasteiger partial charge in [0.15, 0.2) is 0 Å². The van der Waals surface area contributed by atoms with E-state index in [1.165, 1.54) is 4.31 Å². The zero-order valence-electron chi connectivity index (χ0n) is 11.9. The fraction of sp³-hybridized carbons (Fsp3) is 1.00. The van der Waals surface area contributed by atoms with E-state index in [-0.39, 0.29) is 6.04 Å². The van der Waals surface area contributed by atoms with Crippen molar-refractivity contribution in [3.8, 4) is 0 Å². The number of nitrogens with zero attached hydrogens (tertiary/aromatic N) is 2. The Morgan fingerprint density at radius 2 is 1.89 bits per heavy atom. The summed E-state index contributed by atoms with van der Waals surface area (Å²) in [6.07, 6.45) is 4.86. The lowest BCUT2D eigenvalue weighted by atomic mass is 10.3. The Morgan fingerprint density at radius 1 is 1.22 bits per heavy atom. The molecule has 18 heavy (non-hydrogen) atoms. The van der Waals surface area contributed by atoms with Gasteiger partial charge in [0.05, 0.1) is 0 Å². The number of hydrogen-bond acceptors (Lipinski definition) is 3. The molecule has 1 saturated carbocycles. The molecule has 1 aliphatic carbocycles. The molecule has 1 fully saturated rings. The van der Waals surface area contributed by atoms with Crippen LogP contribution in [0.1, 0.15) is 39.0 Å². The highest BCUT2D eigenvalue weighted by atomic mass is 32.2. The summed E-state index contributed by atoms with van der Waals surface area (Å²) < 4.78 is 28.1. The van der Waals surface area contributed by atoms with Crippen molar-refractivity contribution in [2.45, 2.75) is 45.1 Å². The van der Waals surface area contributed by atoms with Crippen LogP contribution in [0.5, 0.6) is 0 Å². The van der Waals surface area contributed by atoms with Gasteiger partial charge in [0.25, 0.3) is 10.2 Å². The zero-order chi connectivity index (χ0) is 13.6. The first kappa shape index (κ1) is 15.9. The van der Waals surface area contributed by atoms with Gasteiger partial charge in [-0.05, 0) is 39.3 Å². The summed E-state index contributed by atoms with van der Waals surface area (Å²) in [7, 11) is 0.316. The van der Waals surface area contributed by atoms with E-state index in [0.717, 1.165) is 38.6 Å². The Bertz CT molecular complexity index is 328. The van der Waals surface area contributed by atoms with Gasteiger partial charge < -0.3 is 5.32 Å². The fourth-order valence-electron chi connectivity index (χ4n) is 1.94. The number of nitrogens with one attached hydrogen (secondary N) is 1. The second-order valence-electron chi connectivity index (χ2n) is 4.98. The maximum absolute atomic E-state index is 12.4. The minimum atomic E-state index is -3.25. The second kappa shape index (κ2) is 7.43. The lowest BCUT2D eigenvalue weighted by Gasteiger charge is -2.27. The van der Waals surface area contributed by atoms with E-state index in [1.54, 1.807) is 11.4 Å². The van der Waals surface area contributed by atoms with E-state index in [1.807, 2.05) is 7.05 Å². The standard InChI is InChI=1S/C12H27N3O2S/c1-4-5-11-15(12-7-8-12)18(16,17)14(3)10-6-9-13-2/h12-13H,4-11H2,1-3H3. The Kier molecular flexibility index (Phi) is 6.55. The van der Waals surface area contributed by atoms with Crippen molar-refractivity contribution in [2.75, 3.05) is 33.7 Å². The number of rotatable bonds is 10. The molecule has 0 aromatic carbocycles. The quantitative estimate of drug-likeness (QED) is 0.607. The van der Waals surface area contributed by atoms with Crippen molar-refractivity contribution < 1.29 is 8.42 Å². The van der Waals surface area contributed by atoms with Crippen molar-refractivity contribution >= 4 is 10.2 Å². The normalized spacial score (nSPS) is 16.7. The van der Waals surface area contributed by atoms with Gasteiger partial charge in [0.1, 0.15) is 0 Å². The minimum absolute atomic E-state index is 0.258. The molecule has 0 unspecified atom stereocenters. The molecule has 1 rings (SSSR count). The third kappa shape index (κ3) is 4.50. The molecule has 5 nitrogen and oxygen atoms in total. The smallest absolute Gasteiger partial charge is 0.281 e. The van der Waals surface area contributed by atoms with Gasteiger partial charge in [-0.1, -0.05) is 13.3 Å². The van der Waals surface area contributed by atoms with Gasteiger partial charge >= 0.3 is 0 Å². The van der Waals surface area contributed by atoms with Crippen LogP contribution in [-0.2, 0) is 10.2 Å². The van der Waals surface area contributed by atoms with Crippen LogP contribution < -0.4 is 5.32 Å². The number of hydrogen-bond donors (Lipinski definition) is 1. The van der Waals surface area contributed by atoms with Crippen LogP contribution in [-0.4, -0.2) is 56.8 Å². The van der Waals surface area contributed by atoms with E-state index in [0.29, 0.717) is 13.1 Å². The lowest BCUT2D eigenvalue weighted by molar-refractivity contribution is 0.345. The molecule has 0 atom stereocenters. The zero-order valence-corrected chi connectivity index (χ0v) is 12.7. The maximum atomic E-state index is 12.4.